The number of rotatable bonds is 6. The van der Waals surface area contributed by atoms with E-state index in [1.807, 2.05) is 6.92 Å². The van der Waals surface area contributed by atoms with Crippen molar-refractivity contribution in [2.45, 2.75) is 26.1 Å². The molecule has 0 aromatic heterocycles. The molecule has 0 saturated carbocycles. The second-order valence-electron chi connectivity index (χ2n) is 4.55. The van der Waals surface area contributed by atoms with Crippen molar-refractivity contribution in [3.05, 3.63) is 34.3 Å². The maximum atomic E-state index is 12.6. The van der Waals surface area contributed by atoms with Crippen molar-refractivity contribution in [1.82, 2.24) is 5.32 Å². The van der Waals surface area contributed by atoms with Gasteiger partial charge >= 0.3 is 6.18 Å². The van der Waals surface area contributed by atoms with Crippen LogP contribution in [0.5, 0.6) is 0 Å². The molecule has 0 amide bonds. The van der Waals surface area contributed by atoms with Crippen molar-refractivity contribution in [2.75, 3.05) is 13.2 Å². The minimum atomic E-state index is -4.36. The van der Waals surface area contributed by atoms with Gasteiger partial charge in [0.2, 0.25) is 0 Å². The molecule has 0 aliphatic heterocycles. The van der Waals surface area contributed by atoms with Crippen LogP contribution in [-0.2, 0) is 12.7 Å². The zero-order valence-corrected chi connectivity index (χ0v) is 11.4. The van der Waals surface area contributed by atoms with Crippen molar-refractivity contribution in [1.29, 1.82) is 0 Å². The van der Waals surface area contributed by atoms with E-state index in [-0.39, 0.29) is 19.1 Å². The first-order chi connectivity index (χ1) is 8.84. The average molecular weight is 296 g/mol. The highest BCUT2D eigenvalue weighted by atomic mass is 35.5. The van der Waals surface area contributed by atoms with Gasteiger partial charge in [-0.3, -0.25) is 0 Å². The van der Waals surface area contributed by atoms with Gasteiger partial charge in [0.25, 0.3) is 0 Å². The zero-order valence-electron chi connectivity index (χ0n) is 10.6. The summed E-state index contributed by atoms with van der Waals surface area (Å²) < 4.78 is 37.7. The summed E-state index contributed by atoms with van der Waals surface area (Å²) in [7, 11) is 0. The van der Waals surface area contributed by atoms with Crippen LogP contribution in [0.2, 0.25) is 5.02 Å². The van der Waals surface area contributed by atoms with Crippen LogP contribution in [-0.4, -0.2) is 18.3 Å². The van der Waals surface area contributed by atoms with Crippen LogP contribution in [0.1, 0.15) is 24.5 Å². The third-order valence-corrected chi connectivity index (χ3v) is 3.17. The van der Waals surface area contributed by atoms with Crippen molar-refractivity contribution in [2.24, 2.45) is 5.92 Å². The molecule has 0 aliphatic carbocycles. The van der Waals surface area contributed by atoms with E-state index in [0.29, 0.717) is 23.6 Å². The maximum absolute atomic E-state index is 12.6. The Morgan fingerprint density at radius 3 is 2.63 bits per heavy atom. The molecule has 19 heavy (non-hydrogen) atoms. The highest BCUT2D eigenvalue weighted by Gasteiger charge is 2.30. The zero-order chi connectivity index (χ0) is 14.5. The average Bonchev–Trinajstić information content (AvgIpc) is 2.30. The van der Waals surface area contributed by atoms with E-state index in [4.69, 9.17) is 16.7 Å². The van der Waals surface area contributed by atoms with Gasteiger partial charge in [-0.1, -0.05) is 18.5 Å². The molecule has 0 saturated heterocycles. The number of hydrogen-bond donors (Lipinski definition) is 2. The Kier molecular flexibility index (Phi) is 6.10. The molecule has 1 aromatic carbocycles. The first kappa shape index (κ1) is 16.3. The molecule has 6 heteroatoms. The summed E-state index contributed by atoms with van der Waals surface area (Å²) in [5.41, 5.74) is -0.273. The molecular weight excluding hydrogens is 279 g/mol. The van der Waals surface area contributed by atoms with Crippen LogP contribution in [0.25, 0.3) is 0 Å². The van der Waals surface area contributed by atoms with E-state index in [9.17, 15) is 13.2 Å². The van der Waals surface area contributed by atoms with Gasteiger partial charge in [-0.25, -0.2) is 0 Å². The Labute approximate surface area is 115 Å². The largest absolute Gasteiger partial charge is 0.416 e. The molecule has 2 N–H and O–H groups in total. The molecule has 1 atom stereocenters. The number of benzene rings is 1. The SMILES string of the molecule is CC(CCO)CNCc1cc(C(F)(F)F)ccc1Cl. The standard InChI is InChI=1S/C13H17ClF3NO/c1-9(4-5-19)7-18-8-10-6-11(13(15,16)17)2-3-12(10)14/h2-3,6,9,18-19H,4-5,7-8H2,1H3. The van der Waals surface area contributed by atoms with Crippen LogP contribution in [0, 0.1) is 5.92 Å². The topological polar surface area (TPSA) is 32.3 Å². The molecule has 1 rings (SSSR count). The summed E-state index contributed by atoms with van der Waals surface area (Å²) in [6.07, 6.45) is -3.70. The van der Waals surface area contributed by atoms with Crippen LogP contribution in [0.3, 0.4) is 0 Å². The number of halogens is 4. The van der Waals surface area contributed by atoms with Crippen LogP contribution in [0.15, 0.2) is 18.2 Å². The smallest absolute Gasteiger partial charge is 0.396 e. The molecule has 0 bridgehead atoms. The van der Waals surface area contributed by atoms with Crippen molar-refractivity contribution >= 4 is 11.6 Å². The summed E-state index contributed by atoms with van der Waals surface area (Å²) in [5.74, 6) is 0.259. The lowest BCUT2D eigenvalue weighted by Gasteiger charge is -2.13. The van der Waals surface area contributed by atoms with E-state index in [2.05, 4.69) is 5.32 Å². The minimum Gasteiger partial charge on any atom is -0.396 e. The first-order valence-electron chi connectivity index (χ1n) is 6.01. The number of hydrogen-bond acceptors (Lipinski definition) is 2. The summed E-state index contributed by atoms with van der Waals surface area (Å²) in [4.78, 5) is 0. The molecule has 2 nitrogen and oxygen atoms in total. The van der Waals surface area contributed by atoms with Crippen molar-refractivity contribution in [3.8, 4) is 0 Å². The van der Waals surface area contributed by atoms with E-state index in [0.717, 1.165) is 12.1 Å². The summed E-state index contributed by atoms with van der Waals surface area (Å²) >= 11 is 5.88. The predicted molar refractivity (Wildman–Crippen MR) is 69.0 cm³/mol. The Bertz CT molecular complexity index is 409. The highest BCUT2D eigenvalue weighted by Crippen LogP contribution is 2.31. The Balaban J connectivity index is 2.63. The Hall–Kier alpha value is -0.780. The Morgan fingerprint density at radius 2 is 2.05 bits per heavy atom. The van der Waals surface area contributed by atoms with Gasteiger partial charge in [0.05, 0.1) is 5.56 Å². The second kappa shape index (κ2) is 7.12. The first-order valence-corrected chi connectivity index (χ1v) is 6.39. The third-order valence-electron chi connectivity index (χ3n) is 2.80. The highest BCUT2D eigenvalue weighted by molar-refractivity contribution is 6.31. The maximum Gasteiger partial charge on any atom is 0.416 e. The summed E-state index contributed by atoms with van der Waals surface area (Å²) in [5, 5.41) is 12.1. The normalized spacial score (nSPS) is 13.6. The van der Waals surface area contributed by atoms with E-state index in [1.54, 1.807) is 0 Å². The molecule has 0 fully saturated rings. The minimum absolute atomic E-state index is 0.104. The number of aliphatic hydroxyl groups is 1. The van der Waals surface area contributed by atoms with E-state index >= 15 is 0 Å². The van der Waals surface area contributed by atoms with Gasteiger partial charge in [-0.15, -0.1) is 0 Å². The number of aliphatic hydroxyl groups excluding tert-OH is 1. The molecule has 1 aromatic rings. The monoisotopic (exact) mass is 295 g/mol. The van der Waals surface area contributed by atoms with Gasteiger partial charge in [0.1, 0.15) is 0 Å². The summed E-state index contributed by atoms with van der Waals surface area (Å²) in [6, 6.07) is 3.30. The third kappa shape index (κ3) is 5.38. The lowest BCUT2D eigenvalue weighted by atomic mass is 10.1. The fourth-order valence-electron chi connectivity index (χ4n) is 1.66. The van der Waals surface area contributed by atoms with Gasteiger partial charge in [-0.05, 0) is 42.6 Å². The lowest BCUT2D eigenvalue weighted by molar-refractivity contribution is -0.137. The molecule has 1 unspecified atom stereocenters. The molecule has 0 aliphatic rings. The molecular formula is C13H17ClF3NO. The predicted octanol–water partition coefficient (Wildman–Crippen LogP) is 3.47. The second-order valence-corrected chi connectivity index (χ2v) is 4.96. The van der Waals surface area contributed by atoms with Crippen LogP contribution < -0.4 is 5.32 Å². The van der Waals surface area contributed by atoms with Crippen molar-refractivity contribution in [3.63, 3.8) is 0 Å². The van der Waals surface area contributed by atoms with Gasteiger partial charge < -0.3 is 10.4 Å². The van der Waals surface area contributed by atoms with E-state index in [1.165, 1.54) is 6.07 Å². The van der Waals surface area contributed by atoms with Crippen LogP contribution >= 0.6 is 11.6 Å². The molecule has 0 heterocycles. The fourth-order valence-corrected chi connectivity index (χ4v) is 1.85. The number of alkyl halides is 3. The number of nitrogens with one attached hydrogen (secondary N) is 1. The summed E-state index contributed by atoms with van der Waals surface area (Å²) in [6.45, 7) is 2.95. The molecule has 108 valence electrons. The fraction of sp³-hybridized carbons (Fsp3) is 0.538. The van der Waals surface area contributed by atoms with Gasteiger partial charge in [0, 0.05) is 18.2 Å². The quantitative estimate of drug-likeness (QED) is 0.842. The molecule has 0 radical (unpaired) electrons. The van der Waals surface area contributed by atoms with E-state index < -0.39 is 11.7 Å². The molecule has 0 spiro atoms. The van der Waals surface area contributed by atoms with Gasteiger partial charge in [-0.2, -0.15) is 13.2 Å². The van der Waals surface area contributed by atoms with Crippen LogP contribution in [0.4, 0.5) is 13.2 Å². The van der Waals surface area contributed by atoms with Crippen molar-refractivity contribution < 1.29 is 18.3 Å². The Morgan fingerprint density at radius 1 is 1.37 bits per heavy atom. The van der Waals surface area contributed by atoms with Gasteiger partial charge in [0.15, 0.2) is 0 Å². The lowest BCUT2D eigenvalue weighted by Crippen LogP contribution is -2.21.